The average molecular weight is 375 g/mol. The zero-order valence-electron chi connectivity index (χ0n) is 15.2. The zero-order chi connectivity index (χ0) is 18.5. The number of benzene rings is 1. The summed E-state index contributed by atoms with van der Waals surface area (Å²) in [4.78, 5) is 27.2. The van der Waals surface area contributed by atoms with Crippen LogP contribution in [0.2, 0.25) is 0 Å². The van der Waals surface area contributed by atoms with Crippen molar-refractivity contribution in [3.8, 4) is 5.75 Å². The number of ether oxygens (including phenoxy) is 1. The number of anilines is 1. The highest BCUT2D eigenvalue weighted by molar-refractivity contribution is 7.99. The van der Waals surface area contributed by atoms with Gasteiger partial charge in [-0.15, -0.1) is 11.8 Å². The number of hydrogen-bond donors (Lipinski definition) is 1. The molecule has 0 bridgehead atoms. The largest absolute Gasteiger partial charge is 0.489 e. The molecular weight excluding hydrogens is 348 g/mol. The summed E-state index contributed by atoms with van der Waals surface area (Å²) in [5.74, 6) is 2.06. The molecule has 1 aliphatic heterocycles. The molecular formula is C20H26N2O3S. The summed E-state index contributed by atoms with van der Waals surface area (Å²) in [5, 5.41) is 2.94. The van der Waals surface area contributed by atoms with Gasteiger partial charge in [-0.3, -0.25) is 9.59 Å². The SMILES string of the molecule is C=C(C)COc1cccc(NC(=O)C2CSCN2C(=O)C2CCCC2)c1. The summed E-state index contributed by atoms with van der Waals surface area (Å²) < 4.78 is 5.62. The van der Waals surface area contributed by atoms with E-state index in [1.165, 1.54) is 0 Å². The Hall–Kier alpha value is -1.95. The van der Waals surface area contributed by atoms with Gasteiger partial charge in [0.15, 0.2) is 0 Å². The normalized spacial score (nSPS) is 20.2. The first-order chi connectivity index (χ1) is 12.5. The van der Waals surface area contributed by atoms with Crippen molar-refractivity contribution >= 4 is 29.3 Å². The molecule has 5 nitrogen and oxygen atoms in total. The van der Waals surface area contributed by atoms with Gasteiger partial charge in [0.05, 0.1) is 5.88 Å². The molecule has 1 saturated heterocycles. The monoisotopic (exact) mass is 374 g/mol. The van der Waals surface area contributed by atoms with E-state index in [0.29, 0.717) is 29.7 Å². The minimum atomic E-state index is -0.395. The van der Waals surface area contributed by atoms with Gasteiger partial charge in [0.2, 0.25) is 11.8 Å². The van der Waals surface area contributed by atoms with Crippen molar-refractivity contribution < 1.29 is 14.3 Å². The standard InChI is InChI=1S/C20H26N2O3S/c1-14(2)11-25-17-9-5-8-16(10-17)21-19(23)18-12-26-13-22(18)20(24)15-6-3-4-7-15/h5,8-10,15,18H,1,3-4,6-7,11-13H2,2H3,(H,21,23). The third-order valence-corrected chi connectivity index (χ3v) is 5.77. The Balaban J connectivity index is 1.62. The van der Waals surface area contributed by atoms with Crippen molar-refractivity contribution in [2.45, 2.75) is 38.6 Å². The number of nitrogens with zero attached hydrogens (tertiary/aromatic N) is 1. The maximum absolute atomic E-state index is 12.7. The van der Waals surface area contributed by atoms with Crippen molar-refractivity contribution in [3.63, 3.8) is 0 Å². The highest BCUT2D eigenvalue weighted by atomic mass is 32.2. The molecule has 1 N–H and O–H groups in total. The van der Waals surface area contributed by atoms with Crippen molar-refractivity contribution in [1.29, 1.82) is 0 Å². The quantitative estimate of drug-likeness (QED) is 0.772. The lowest BCUT2D eigenvalue weighted by atomic mass is 10.1. The van der Waals surface area contributed by atoms with Crippen LogP contribution in [0.4, 0.5) is 5.69 Å². The third-order valence-electron chi connectivity index (χ3n) is 4.76. The third kappa shape index (κ3) is 4.61. The molecule has 1 aromatic rings. The molecule has 0 aromatic heterocycles. The molecule has 140 valence electrons. The lowest BCUT2D eigenvalue weighted by molar-refractivity contribution is -0.139. The minimum absolute atomic E-state index is 0.0999. The smallest absolute Gasteiger partial charge is 0.248 e. The number of rotatable bonds is 6. The summed E-state index contributed by atoms with van der Waals surface area (Å²) in [5.41, 5.74) is 1.61. The summed E-state index contributed by atoms with van der Waals surface area (Å²) in [6.45, 7) is 6.16. The van der Waals surface area contributed by atoms with E-state index in [-0.39, 0.29) is 17.7 Å². The lowest BCUT2D eigenvalue weighted by Gasteiger charge is -2.25. The molecule has 1 aliphatic carbocycles. The van der Waals surface area contributed by atoms with E-state index in [1.807, 2.05) is 25.1 Å². The van der Waals surface area contributed by atoms with Crippen molar-refractivity contribution in [3.05, 3.63) is 36.4 Å². The molecule has 1 atom stereocenters. The number of thioether (sulfide) groups is 1. The van der Waals surface area contributed by atoms with E-state index in [0.717, 1.165) is 31.3 Å². The predicted octanol–water partition coefficient (Wildman–Crippen LogP) is 3.67. The van der Waals surface area contributed by atoms with Gasteiger partial charge >= 0.3 is 0 Å². The average Bonchev–Trinajstić information content (AvgIpc) is 3.31. The second-order valence-electron chi connectivity index (χ2n) is 7.07. The minimum Gasteiger partial charge on any atom is -0.489 e. The molecule has 1 aromatic carbocycles. The summed E-state index contributed by atoms with van der Waals surface area (Å²) >= 11 is 1.64. The Morgan fingerprint density at radius 2 is 2.12 bits per heavy atom. The molecule has 2 aliphatic rings. The van der Waals surface area contributed by atoms with E-state index in [1.54, 1.807) is 22.7 Å². The molecule has 0 spiro atoms. The Labute approximate surface area is 159 Å². The van der Waals surface area contributed by atoms with Crippen molar-refractivity contribution in [1.82, 2.24) is 4.90 Å². The maximum Gasteiger partial charge on any atom is 0.248 e. The summed E-state index contributed by atoms with van der Waals surface area (Å²) in [6.07, 6.45) is 4.14. The molecule has 1 heterocycles. The van der Waals surface area contributed by atoms with Crippen LogP contribution in [0.1, 0.15) is 32.6 Å². The fourth-order valence-corrected chi connectivity index (χ4v) is 4.54. The number of carbonyl (C=O) groups excluding carboxylic acids is 2. The van der Waals surface area contributed by atoms with Crippen LogP contribution in [-0.4, -0.2) is 41.0 Å². The highest BCUT2D eigenvalue weighted by Gasteiger charge is 2.38. The second-order valence-corrected chi connectivity index (χ2v) is 8.07. The molecule has 2 fully saturated rings. The van der Waals surface area contributed by atoms with E-state index in [2.05, 4.69) is 11.9 Å². The fourth-order valence-electron chi connectivity index (χ4n) is 3.38. The van der Waals surface area contributed by atoms with Gasteiger partial charge in [0, 0.05) is 23.4 Å². The summed E-state index contributed by atoms with van der Waals surface area (Å²) in [6, 6.07) is 6.92. The van der Waals surface area contributed by atoms with Crippen LogP contribution < -0.4 is 10.1 Å². The van der Waals surface area contributed by atoms with Crippen molar-refractivity contribution in [2.24, 2.45) is 5.92 Å². The number of nitrogens with one attached hydrogen (secondary N) is 1. The van der Waals surface area contributed by atoms with Gasteiger partial charge in [0.1, 0.15) is 18.4 Å². The first kappa shape index (κ1) is 18.8. The fraction of sp³-hybridized carbons (Fsp3) is 0.500. The second kappa shape index (κ2) is 8.62. The van der Waals surface area contributed by atoms with Crippen LogP contribution in [-0.2, 0) is 9.59 Å². The molecule has 1 saturated carbocycles. The van der Waals surface area contributed by atoms with E-state index in [4.69, 9.17) is 4.74 Å². The first-order valence-electron chi connectivity index (χ1n) is 9.11. The van der Waals surface area contributed by atoms with Gasteiger partial charge in [-0.25, -0.2) is 0 Å². The molecule has 26 heavy (non-hydrogen) atoms. The topological polar surface area (TPSA) is 58.6 Å². The molecule has 2 amide bonds. The summed E-state index contributed by atoms with van der Waals surface area (Å²) in [7, 11) is 0. The predicted molar refractivity (Wildman–Crippen MR) is 105 cm³/mol. The molecule has 3 rings (SSSR count). The van der Waals surface area contributed by atoms with Crippen LogP contribution in [0.15, 0.2) is 36.4 Å². The van der Waals surface area contributed by atoms with Crippen LogP contribution in [0.5, 0.6) is 5.75 Å². The number of amides is 2. The van der Waals surface area contributed by atoms with E-state index >= 15 is 0 Å². The van der Waals surface area contributed by atoms with Gasteiger partial charge in [-0.2, -0.15) is 0 Å². The first-order valence-corrected chi connectivity index (χ1v) is 10.3. The van der Waals surface area contributed by atoms with E-state index < -0.39 is 6.04 Å². The molecule has 6 heteroatoms. The van der Waals surface area contributed by atoms with Gasteiger partial charge in [-0.05, 0) is 37.5 Å². The van der Waals surface area contributed by atoms with Crippen LogP contribution in [0.25, 0.3) is 0 Å². The van der Waals surface area contributed by atoms with Gasteiger partial charge < -0.3 is 15.0 Å². The Morgan fingerprint density at radius 3 is 2.85 bits per heavy atom. The van der Waals surface area contributed by atoms with Gasteiger partial charge in [-0.1, -0.05) is 25.5 Å². The van der Waals surface area contributed by atoms with Crippen LogP contribution in [0.3, 0.4) is 0 Å². The Kier molecular flexibility index (Phi) is 6.25. The Morgan fingerprint density at radius 1 is 1.35 bits per heavy atom. The molecule has 0 radical (unpaired) electrons. The maximum atomic E-state index is 12.7. The Bertz CT molecular complexity index is 685. The highest BCUT2D eigenvalue weighted by Crippen LogP contribution is 2.31. The van der Waals surface area contributed by atoms with Crippen LogP contribution >= 0.6 is 11.8 Å². The van der Waals surface area contributed by atoms with Gasteiger partial charge in [0.25, 0.3) is 0 Å². The van der Waals surface area contributed by atoms with Crippen molar-refractivity contribution in [2.75, 3.05) is 23.6 Å². The number of carbonyl (C=O) groups is 2. The lowest BCUT2D eigenvalue weighted by Crippen LogP contribution is -2.46. The van der Waals surface area contributed by atoms with Crippen LogP contribution in [0, 0.1) is 5.92 Å². The van der Waals surface area contributed by atoms with E-state index in [9.17, 15) is 9.59 Å². The molecule has 1 unspecified atom stereocenters. The zero-order valence-corrected chi connectivity index (χ0v) is 16.0. The number of hydrogen-bond acceptors (Lipinski definition) is 4.